The highest BCUT2D eigenvalue weighted by molar-refractivity contribution is 7.78. The first-order chi connectivity index (χ1) is 3.91. The van der Waals surface area contributed by atoms with Crippen LogP contribution in [0, 0.1) is 0 Å². The topological polar surface area (TPSA) is 21.6 Å². The summed E-state index contributed by atoms with van der Waals surface area (Å²) in [6.45, 7) is 4.25. The Morgan fingerprint density at radius 3 is 3.12 bits per heavy atom. The Morgan fingerprint density at radius 1 is 1.88 bits per heavy atom. The monoisotopic (exact) mass is 129 g/mol. The number of aliphatic imine (C=N–C) groups is 1. The van der Waals surface area contributed by atoms with Crippen LogP contribution in [-0.2, 0) is 4.74 Å². The first-order valence-electron chi connectivity index (χ1n) is 2.14. The van der Waals surface area contributed by atoms with E-state index in [0.29, 0.717) is 6.61 Å². The second kappa shape index (κ2) is 6.50. The Morgan fingerprint density at radius 2 is 2.62 bits per heavy atom. The van der Waals surface area contributed by atoms with Gasteiger partial charge >= 0.3 is 0 Å². The lowest BCUT2D eigenvalue weighted by molar-refractivity contribution is 0.172. The molecule has 0 aromatic heterocycles. The van der Waals surface area contributed by atoms with E-state index in [1.54, 1.807) is 6.08 Å². The maximum Gasteiger partial charge on any atom is 0.148 e. The van der Waals surface area contributed by atoms with Gasteiger partial charge in [0.05, 0.1) is 11.8 Å². The van der Waals surface area contributed by atoms with Crippen LogP contribution in [0.25, 0.3) is 0 Å². The summed E-state index contributed by atoms with van der Waals surface area (Å²) in [4.78, 5) is 3.50. The van der Waals surface area contributed by atoms with Crippen LogP contribution in [0.4, 0.5) is 0 Å². The molecule has 0 fully saturated rings. The van der Waals surface area contributed by atoms with E-state index in [1.807, 2.05) is 0 Å². The van der Waals surface area contributed by atoms with Crippen LogP contribution >= 0.6 is 12.2 Å². The largest absolute Gasteiger partial charge is 0.354 e. The molecule has 0 amide bonds. The van der Waals surface area contributed by atoms with Crippen LogP contribution < -0.4 is 0 Å². The molecule has 0 aliphatic rings. The minimum Gasteiger partial charge on any atom is -0.354 e. The minimum absolute atomic E-state index is 0.287. The van der Waals surface area contributed by atoms with Crippen LogP contribution in [0.5, 0.6) is 0 Å². The summed E-state index contributed by atoms with van der Waals surface area (Å²) in [5, 5.41) is 2.18. The van der Waals surface area contributed by atoms with E-state index in [1.165, 1.54) is 0 Å². The molecule has 0 N–H and O–H groups in total. The van der Waals surface area contributed by atoms with Crippen molar-refractivity contribution >= 4 is 17.4 Å². The van der Waals surface area contributed by atoms with E-state index in [2.05, 4.69) is 29.0 Å². The smallest absolute Gasteiger partial charge is 0.148 e. The van der Waals surface area contributed by atoms with Crippen molar-refractivity contribution in [3.63, 3.8) is 0 Å². The molecule has 0 heterocycles. The number of isothiocyanates is 1. The molecule has 0 spiro atoms. The molecule has 0 saturated heterocycles. The van der Waals surface area contributed by atoms with Gasteiger partial charge in [0, 0.05) is 0 Å². The number of hydrogen-bond acceptors (Lipinski definition) is 3. The average Bonchev–Trinajstić information content (AvgIpc) is 1.81. The molecule has 0 saturated carbocycles. The normalized spacial score (nSPS) is 7.50. The van der Waals surface area contributed by atoms with E-state index in [-0.39, 0.29) is 6.73 Å². The molecule has 0 aliphatic heterocycles. The summed E-state index contributed by atoms with van der Waals surface area (Å²) in [5.41, 5.74) is 0. The number of rotatable bonds is 4. The standard InChI is InChI=1S/C5H7NOS/c1-2-3-7-4-6-5-8/h2H,1,3-4H2. The molecule has 0 rings (SSSR count). The van der Waals surface area contributed by atoms with Gasteiger partial charge in [0.25, 0.3) is 0 Å². The molecular weight excluding hydrogens is 122 g/mol. The Labute approximate surface area is 53.9 Å². The third-order valence-corrected chi connectivity index (χ3v) is 0.585. The first kappa shape index (κ1) is 7.50. The van der Waals surface area contributed by atoms with Crippen molar-refractivity contribution < 1.29 is 4.74 Å². The fourth-order valence-electron chi connectivity index (χ4n) is 0.208. The zero-order valence-electron chi connectivity index (χ0n) is 4.46. The zero-order valence-corrected chi connectivity index (χ0v) is 5.28. The Hall–Kier alpha value is -0.500. The van der Waals surface area contributed by atoms with Crippen molar-refractivity contribution in [3.8, 4) is 0 Å². The maximum absolute atomic E-state index is 4.81. The van der Waals surface area contributed by atoms with Gasteiger partial charge in [-0.3, -0.25) is 0 Å². The molecule has 0 bridgehead atoms. The molecule has 0 aromatic rings. The van der Waals surface area contributed by atoms with E-state index in [9.17, 15) is 0 Å². The van der Waals surface area contributed by atoms with Crippen molar-refractivity contribution in [3.05, 3.63) is 12.7 Å². The maximum atomic E-state index is 4.81. The fourth-order valence-corrected chi connectivity index (χ4v) is 0.261. The third kappa shape index (κ3) is 5.50. The summed E-state index contributed by atoms with van der Waals surface area (Å²) in [6, 6.07) is 0. The summed E-state index contributed by atoms with van der Waals surface area (Å²) < 4.78 is 4.81. The van der Waals surface area contributed by atoms with Crippen molar-refractivity contribution in [2.75, 3.05) is 13.3 Å². The number of thiocarbonyl (C=S) groups is 1. The predicted molar refractivity (Wildman–Crippen MR) is 36.0 cm³/mol. The van der Waals surface area contributed by atoms with Crippen molar-refractivity contribution in [1.82, 2.24) is 0 Å². The quantitative estimate of drug-likeness (QED) is 0.246. The zero-order chi connectivity index (χ0) is 6.24. The summed E-state index contributed by atoms with van der Waals surface area (Å²) in [6.07, 6.45) is 1.65. The molecular formula is C5H7NOS. The van der Waals surface area contributed by atoms with Gasteiger partial charge in [-0.2, -0.15) is 0 Å². The molecule has 0 radical (unpaired) electrons. The molecule has 0 unspecified atom stereocenters. The van der Waals surface area contributed by atoms with Crippen molar-refractivity contribution in [2.45, 2.75) is 0 Å². The first-order valence-corrected chi connectivity index (χ1v) is 2.55. The Balaban J connectivity index is 2.93. The van der Waals surface area contributed by atoms with Crippen LogP contribution in [0.3, 0.4) is 0 Å². The highest BCUT2D eigenvalue weighted by Gasteiger charge is 1.73. The SMILES string of the molecule is C=CCOCN=C=S. The molecule has 0 atom stereocenters. The van der Waals surface area contributed by atoms with Crippen LogP contribution in [0.2, 0.25) is 0 Å². The Kier molecular flexibility index (Phi) is 6.09. The van der Waals surface area contributed by atoms with Gasteiger partial charge in [-0.05, 0) is 12.2 Å². The lowest BCUT2D eigenvalue weighted by atomic mass is 10.7. The molecule has 0 aromatic carbocycles. The Bertz CT molecular complexity index is 107. The number of hydrogen-bond donors (Lipinski definition) is 0. The highest BCUT2D eigenvalue weighted by Crippen LogP contribution is 1.73. The van der Waals surface area contributed by atoms with Gasteiger partial charge in [-0.1, -0.05) is 6.08 Å². The lowest BCUT2D eigenvalue weighted by Gasteiger charge is -1.88. The minimum atomic E-state index is 0.287. The molecule has 2 nitrogen and oxygen atoms in total. The summed E-state index contributed by atoms with van der Waals surface area (Å²) >= 11 is 4.28. The van der Waals surface area contributed by atoms with E-state index >= 15 is 0 Å². The molecule has 3 heteroatoms. The predicted octanol–water partition coefficient (Wildman–Crippen LogP) is 1.25. The van der Waals surface area contributed by atoms with Gasteiger partial charge in [-0.15, -0.1) is 6.58 Å². The second-order valence-corrected chi connectivity index (χ2v) is 1.22. The molecule has 8 heavy (non-hydrogen) atoms. The summed E-state index contributed by atoms with van der Waals surface area (Å²) in [5.74, 6) is 0. The van der Waals surface area contributed by atoms with Gasteiger partial charge in [-0.25, -0.2) is 4.99 Å². The van der Waals surface area contributed by atoms with Crippen LogP contribution in [0.15, 0.2) is 17.6 Å². The van der Waals surface area contributed by atoms with E-state index < -0.39 is 0 Å². The van der Waals surface area contributed by atoms with E-state index in [4.69, 9.17) is 4.74 Å². The van der Waals surface area contributed by atoms with Gasteiger partial charge in [0.1, 0.15) is 6.73 Å². The average molecular weight is 129 g/mol. The van der Waals surface area contributed by atoms with Crippen molar-refractivity contribution in [2.24, 2.45) is 4.99 Å². The summed E-state index contributed by atoms with van der Waals surface area (Å²) in [7, 11) is 0. The lowest BCUT2D eigenvalue weighted by Crippen LogP contribution is -1.88. The van der Waals surface area contributed by atoms with Gasteiger partial charge in [0.2, 0.25) is 0 Å². The number of ether oxygens (including phenoxy) is 1. The number of nitrogens with zero attached hydrogens (tertiary/aromatic N) is 1. The molecule has 0 aliphatic carbocycles. The van der Waals surface area contributed by atoms with Crippen LogP contribution in [0.1, 0.15) is 0 Å². The second-order valence-electron chi connectivity index (χ2n) is 1.04. The van der Waals surface area contributed by atoms with Crippen molar-refractivity contribution in [1.29, 1.82) is 0 Å². The van der Waals surface area contributed by atoms with E-state index in [0.717, 1.165) is 0 Å². The fraction of sp³-hybridized carbons (Fsp3) is 0.400. The van der Waals surface area contributed by atoms with Gasteiger partial charge in [0.15, 0.2) is 0 Å². The van der Waals surface area contributed by atoms with Gasteiger partial charge < -0.3 is 4.74 Å². The molecule has 44 valence electrons. The highest BCUT2D eigenvalue weighted by atomic mass is 32.1. The van der Waals surface area contributed by atoms with Crippen LogP contribution in [-0.4, -0.2) is 18.5 Å². The third-order valence-electron chi connectivity index (χ3n) is 0.456.